The van der Waals surface area contributed by atoms with Gasteiger partial charge < -0.3 is 10.6 Å². The van der Waals surface area contributed by atoms with Crippen LogP contribution in [0.1, 0.15) is 66.2 Å². The molecule has 19 heavy (non-hydrogen) atoms. The lowest BCUT2D eigenvalue weighted by Crippen LogP contribution is -2.56. The van der Waals surface area contributed by atoms with Crippen molar-refractivity contribution >= 4 is 18.3 Å². The second-order valence-corrected chi connectivity index (χ2v) is 6.56. The number of rotatable bonds is 5. The van der Waals surface area contributed by atoms with Crippen LogP contribution in [0.25, 0.3) is 0 Å². The van der Waals surface area contributed by atoms with Gasteiger partial charge in [-0.2, -0.15) is 0 Å². The van der Waals surface area contributed by atoms with Gasteiger partial charge in [-0.15, -0.1) is 12.4 Å². The van der Waals surface area contributed by atoms with Crippen molar-refractivity contribution in [3.8, 4) is 0 Å². The fourth-order valence-electron chi connectivity index (χ4n) is 3.28. The van der Waals surface area contributed by atoms with Crippen molar-refractivity contribution in [1.29, 1.82) is 0 Å². The first-order valence-corrected chi connectivity index (χ1v) is 7.43. The minimum Gasteiger partial charge on any atom is -0.341 e. The van der Waals surface area contributed by atoms with Gasteiger partial charge in [0.2, 0.25) is 5.91 Å². The first kappa shape index (κ1) is 18.7. The summed E-state index contributed by atoms with van der Waals surface area (Å²) in [4.78, 5) is 14.5. The molecule has 0 aromatic carbocycles. The second kappa shape index (κ2) is 7.49. The van der Waals surface area contributed by atoms with Gasteiger partial charge in [0, 0.05) is 13.1 Å². The fraction of sp³-hybridized carbons (Fsp3) is 0.933. The fourth-order valence-corrected chi connectivity index (χ4v) is 3.28. The molecule has 1 heterocycles. The van der Waals surface area contributed by atoms with E-state index in [2.05, 4.69) is 20.8 Å². The molecule has 0 aromatic heterocycles. The molecule has 2 atom stereocenters. The highest BCUT2D eigenvalue weighted by Crippen LogP contribution is 2.34. The molecule has 4 heteroatoms. The first-order chi connectivity index (χ1) is 8.34. The number of halogens is 1. The van der Waals surface area contributed by atoms with E-state index in [1.54, 1.807) is 0 Å². The average Bonchev–Trinajstić information content (AvgIpc) is 2.28. The van der Waals surface area contributed by atoms with Crippen molar-refractivity contribution < 1.29 is 4.79 Å². The van der Waals surface area contributed by atoms with E-state index in [0.717, 1.165) is 32.4 Å². The van der Waals surface area contributed by atoms with Gasteiger partial charge >= 0.3 is 0 Å². The Balaban J connectivity index is 0.00000324. The Bertz CT molecular complexity index is 290. The maximum Gasteiger partial charge on any atom is 0.242 e. The van der Waals surface area contributed by atoms with Gasteiger partial charge in [0.25, 0.3) is 0 Å². The molecule has 0 saturated carbocycles. The maximum atomic E-state index is 12.5. The van der Waals surface area contributed by atoms with Gasteiger partial charge in [-0.1, -0.05) is 33.6 Å². The van der Waals surface area contributed by atoms with E-state index in [9.17, 15) is 4.79 Å². The lowest BCUT2D eigenvalue weighted by atomic mass is 9.77. The number of amides is 1. The molecule has 1 rings (SSSR count). The normalized spacial score (nSPS) is 26.5. The summed E-state index contributed by atoms with van der Waals surface area (Å²) in [5.41, 5.74) is 5.79. The number of carbonyl (C=O) groups is 1. The quantitative estimate of drug-likeness (QED) is 0.844. The molecule has 0 radical (unpaired) electrons. The second-order valence-electron chi connectivity index (χ2n) is 6.56. The van der Waals surface area contributed by atoms with Crippen molar-refractivity contribution in [2.45, 2.75) is 71.8 Å². The number of piperidine rings is 1. The van der Waals surface area contributed by atoms with Crippen LogP contribution in [-0.2, 0) is 4.79 Å². The Morgan fingerprint density at radius 2 is 2.00 bits per heavy atom. The summed E-state index contributed by atoms with van der Waals surface area (Å²) in [5, 5.41) is 0. The van der Waals surface area contributed by atoms with Crippen molar-refractivity contribution in [3.05, 3.63) is 0 Å². The van der Waals surface area contributed by atoms with Gasteiger partial charge in [0.1, 0.15) is 0 Å². The predicted molar refractivity (Wildman–Crippen MR) is 83.6 cm³/mol. The standard InChI is InChI=1S/C15H30N2O.ClH/c1-5-8-14(3)10-7-11-17(12-14)13(18)15(4,16)9-6-2;/h5-12,16H2,1-4H3;1H. The molecule has 1 fully saturated rings. The van der Waals surface area contributed by atoms with Crippen LogP contribution in [0.2, 0.25) is 0 Å². The third-order valence-corrected chi connectivity index (χ3v) is 4.18. The van der Waals surface area contributed by atoms with Crippen LogP contribution in [0.5, 0.6) is 0 Å². The zero-order valence-electron chi connectivity index (χ0n) is 13.0. The van der Waals surface area contributed by atoms with E-state index in [0.29, 0.717) is 5.41 Å². The van der Waals surface area contributed by atoms with Crippen LogP contribution in [0, 0.1) is 5.41 Å². The zero-order chi connectivity index (χ0) is 13.8. The summed E-state index contributed by atoms with van der Waals surface area (Å²) in [6.07, 6.45) is 6.47. The van der Waals surface area contributed by atoms with E-state index in [1.807, 2.05) is 11.8 Å². The molecule has 1 amide bonds. The van der Waals surface area contributed by atoms with Gasteiger partial charge in [0.15, 0.2) is 0 Å². The molecule has 114 valence electrons. The van der Waals surface area contributed by atoms with E-state index >= 15 is 0 Å². The molecular weight excluding hydrogens is 260 g/mol. The number of nitrogens with two attached hydrogens (primary N) is 1. The molecule has 0 spiro atoms. The molecule has 0 bridgehead atoms. The minimum absolute atomic E-state index is 0. The molecule has 2 N–H and O–H groups in total. The number of likely N-dealkylation sites (tertiary alicyclic amines) is 1. The maximum absolute atomic E-state index is 12.5. The summed E-state index contributed by atoms with van der Waals surface area (Å²) >= 11 is 0. The highest BCUT2D eigenvalue weighted by atomic mass is 35.5. The first-order valence-electron chi connectivity index (χ1n) is 7.43. The summed E-state index contributed by atoms with van der Waals surface area (Å²) < 4.78 is 0. The number of hydrogen-bond donors (Lipinski definition) is 1. The highest BCUT2D eigenvalue weighted by Gasteiger charge is 2.37. The van der Waals surface area contributed by atoms with E-state index in [-0.39, 0.29) is 18.3 Å². The summed E-state index contributed by atoms with van der Waals surface area (Å²) in [6.45, 7) is 10.3. The lowest BCUT2D eigenvalue weighted by Gasteiger charge is -2.43. The third kappa shape index (κ3) is 4.96. The van der Waals surface area contributed by atoms with Crippen LogP contribution >= 0.6 is 12.4 Å². The number of carbonyl (C=O) groups excluding carboxylic acids is 1. The van der Waals surface area contributed by atoms with Crippen molar-refractivity contribution in [3.63, 3.8) is 0 Å². The average molecular weight is 291 g/mol. The van der Waals surface area contributed by atoms with E-state index in [1.165, 1.54) is 19.3 Å². The molecule has 0 aromatic rings. The lowest BCUT2D eigenvalue weighted by molar-refractivity contribution is -0.140. The Labute approximate surface area is 124 Å². The zero-order valence-corrected chi connectivity index (χ0v) is 13.8. The Morgan fingerprint density at radius 1 is 1.37 bits per heavy atom. The predicted octanol–water partition coefficient (Wildman–Crippen LogP) is 3.35. The largest absolute Gasteiger partial charge is 0.341 e. The van der Waals surface area contributed by atoms with Crippen LogP contribution in [0.3, 0.4) is 0 Å². The topological polar surface area (TPSA) is 46.3 Å². The summed E-state index contributed by atoms with van der Waals surface area (Å²) in [5.74, 6) is 0.145. The SMILES string of the molecule is CCCC1(C)CCCN(C(=O)C(C)(N)CCC)C1.Cl. The summed E-state index contributed by atoms with van der Waals surface area (Å²) in [6, 6.07) is 0. The summed E-state index contributed by atoms with van der Waals surface area (Å²) in [7, 11) is 0. The monoisotopic (exact) mass is 290 g/mol. The highest BCUT2D eigenvalue weighted by molar-refractivity contribution is 5.86. The molecule has 3 nitrogen and oxygen atoms in total. The molecule has 0 aliphatic carbocycles. The minimum atomic E-state index is -0.681. The number of hydrogen-bond acceptors (Lipinski definition) is 2. The molecule has 1 saturated heterocycles. The number of nitrogens with zero attached hydrogens (tertiary/aromatic N) is 1. The molecule has 1 aliphatic heterocycles. The van der Waals surface area contributed by atoms with Gasteiger partial charge in [-0.25, -0.2) is 0 Å². The Morgan fingerprint density at radius 3 is 2.53 bits per heavy atom. The third-order valence-electron chi connectivity index (χ3n) is 4.18. The van der Waals surface area contributed by atoms with Crippen molar-refractivity contribution in [2.24, 2.45) is 11.1 Å². The van der Waals surface area contributed by atoms with Crippen LogP contribution in [0.4, 0.5) is 0 Å². The Kier molecular flexibility index (Phi) is 7.38. The van der Waals surface area contributed by atoms with Crippen molar-refractivity contribution in [2.75, 3.05) is 13.1 Å². The van der Waals surface area contributed by atoms with E-state index < -0.39 is 5.54 Å². The van der Waals surface area contributed by atoms with Crippen LogP contribution < -0.4 is 5.73 Å². The smallest absolute Gasteiger partial charge is 0.242 e. The molecule has 2 unspecified atom stereocenters. The van der Waals surface area contributed by atoms with Crippen molar-refractivity contribution in [1.82, 2.24) is 4.90 Å². The molecular formula is C15H31ClN2O. The van der Waals surface area contributed by atoms with Crippen LogP contribution in [-0.4, -0.2) is 29.4 Å². The van der Waals surface area contributed by atoms with Crippen LogP contribution in [0.15, 0.2) is 0 Å². The van der Waals surface area contributed by atoms with Gasteiger partial charge in [-0.3, -0.25) is 4.79 Å². The van der Waals surface area contributed by atoms with Gasteiger partial charge in [0.05, 0.1) is 5.54 Å². The van der Waals surface area contributed by atoms with Gasteiger partial charge in [-0.05, 0) is 38.0 Å². The Hall–Kier alpha value is -0.280. The van der Waals surface area contributed by atoms with E-state index in [4.69, 9.17) is 5.73 Å². The molecule has 1 aliphatic rings.